The molecule has 0 bridgehead atoms. The molecule has 0 aliphatic rings. The molecule has 10 aromatic carbocycles. The SMILES string of the molecule is NOc1ccc(NNc2cc3c(cc2NOc2ccc(N)cc2)c2cc(NOc4ccc(ON)cc4)c(NOc4ccc(O)cc4)cc2c2cc(NOc4ccc(ON)cc4)c(NOc4ccc(ON)cc4)cc32)cc1. The molecule has 0 saturated carbocycles. The number of anilines is 8. The fourth-order valence-corrected chi connectivity index (χ4v) is 7.80. The number of aromatic hydroxyl groups is 1. The molecule has 0 radical (unpaired) electrons. The Morgan fingerprint density at radius 2 is 0.513 bits per heavy atom. The molecule has 0 saturated heterocycles. The van der Waals surface area contributed by atoms with Crippen molar-refractivity contribution < 1.29 is 48.6 Å². The van der Waals surface area contributed by atoms with Crippen molar-refractivity contribution in [2.45, 2.75) is 0 Å². The number of hydrogen-bond donors (Lipinski definition) is 13. The second-order valence-corrected chi connectivity index (χ2v) is 16.6. The van der Waals surface area contributed by atoms with Gasteiger partial charge in [-0.3, -0.25) is 5.43 Å². The van der Waals surface area contributed by atoms with Crippen molar-refractivity contribution in [1.29, 1.82) is 0 Å². The van der Waals surface area contributed by atoms with E-state index in [1.165, 1.54) is 12.1 Å². The molecule has 0 amide bonds. The summed E-state index contributed by atoms with van der Waals surface area (Å²) in [6.45, 7) is 0. The Balaban J connectivity index is 1.18. The molecule has 0 aromatic heterocycles. The van der Waals surface area contributed by atoms with Gasteiger partial charge >= 0.3 is 0 Å². The van der Waals surface area contributed by atoms with Crippen molar-refractivity contribution >= 4 is 77.8 Å². The zero-order valence-electron chi connectivity index (χ0n) is 39.8. The molecule has 0 atom stereocenters. The predicted molar refractivity (Wildman–Crippen MR) is 291 cm³/mol. The summed E-state index contributed by atoms with van der Waals surface area (Å²) in [5.41, 5.74) is 32.4. The average Bonchev–Trinajstić information content (AvgIpc) is 3.50. The van der Waals surface area contributed by atoms with Gasteiger partial charge < -0.3 is 59.8 Å². The molecule has 0 heterocycles. The van der Waals surface area contributed by atoms with Crippen LogP contribution >= 0.6 is 0 Å². The zero-order valence-corrected chi connectivity index (χ0v) is 39.8. The highest BCUT2D eigenvalue weighted by Crippen LogP contribution is 2.45. The Kier molecular flexibility index (Phi) is 14.3. The quantitative estimate of drug-likeness (QED) is 0.0170. The highest BCUT2D eigenvalue weighted by molar-refractivity contribution is 6.28. The molecule has 0 aliphatic heterocycles. The minimum atomic E-state index is 0.0738. The van der Waals surface area contributed by atoms with Crippen LogP contribution < -0.4 is 111 Å². The largest absolute Gasteiger partial charge is 0.508 e. The number of fused-ring (bicyclic) bond motifs is 6. The maximum absolute atomic E-state index is 10.0. The Labute approximate surface area is 432 Å². The monoisotopic (exact) mass is 1020 g/mol. The average molecular weight is 1030 g/mol. The van der Waals surface area contributed by atoms with E-state index >= 15 is 0 Å². The highest BCUT2D eigenvalue weighted by Gasteiger charge is 2.20. The number of phenols is 1. The van der Waals surface area contributed by atoms with Gasteiger partial charge in [-0.2, -0.15) is 23.6 Å². The molecule has 10 aromatic rings. The molecule has 0 aliphatic carbocycles. The van der Waals surface area contributed by atoms with E-state index in [0.717, 1.165) is 32.3 Å². The van der Waals surface area contributed by atoms with Gasteiger partial charge in [0.2, 0.25) is 0 Å². The van der Waals surface area contributed by atoms with Crippen molar-refractivity contribution in [3.8, 4) is 57.5 Å². The highest BCUT2D eigenvalue weighted by atomic mass is 16.7. The van der Waals surface area contributed by atoms with Crippen molar-refractivity contribution in [3.63, 3.8) is 0 Å². The van der Waals surface area contributed by atoms with E-state index in [2.05, 4.69) is 38.3 Å². The predicted octanol–water partition coefficient (Wildman–Crippen LogP) is 9.91. The molecule has 22 heteroatoms. The molecule has 22 nitrogen and oxygen atoms in total. The number of phenolic OH excluding ortho intramolecular Hbond substituents is 1. The Hall–Kier alpha value is -10.8. The summed E-state index contributed by atoms with van der Waals surface area (Å²) in [6.07, 6.45) is 0. The number of nitrogen functional groups attached to an aromatic ring is 1. The summed E-state index contributed by atoms with van der Waals surface area (Å²) in [6, 6.07) is 52.0. The van der Waals surface area contributed by atoms with Crippen molar-refractivity contribution in [3.05, 3.63) is 182 Å². The second kappa shape index (κ2) is 22.3. The maximum Gasteiger partial charge on any atom is 0.155 e. The lowest BCUT2D eigenvalue weighted by molar-refractivity contribution is 0.333. The van der Waals surface area contributed by atoms with Crippen LogP contribution in [0.1, 0.15) is 0 Å². The molecule has 0 spiro atoms. The van der Waals surface area contributed by atoms with Crippen LogP contribution in [0, 0.1) is 0 Å². The first-order valence-corrected chi connectivity index (χ1v) is 23.0. The molecule has 0 fully saturated rings. The van der Waals surface area contributed by atoms with E-state index in [1.807, 2.05) is 36.4 Å². The van der Waals surface area contributed by atoms with E-state index in [4.69, 9.17) is 72.9 Å². The molecule has 18 N–H and O–H groups in total. The third-order valence-electron chi connectivity index (χ3n) is 11.7. The van der Waals surface area contributed by atoms with Gasteiger partial charge in [-0.25, -0.2) is 27.4 Å². The summed E-state index contributed by atoms with van der Waals surface area (Å²) in [7, 11) is 0. The third kappa shape index (κ3) is 11.3. The van der Waals surface area contributed by atoms with Crippen LogP contribution in [0.4, 0.5) is 45.5 Å². The minimum absolute atomic E-state index is 0.0738. The van der Waals surface area contributed by atoms with Crippen LogP contribution in [0.15, 0.2) is 182 Å². The Morgan fingerprint density at radius 3 is 0.816 bits per heavy atom. The van der Waals surface area contributed by atoms with E-state index in [9.17, 15) is 5.11 Å². The van der Waals surface area contributed by atoms with Gasteiger partial charge in [0.15, 0.2) is 28.7 Å². The lowest BCUT2D eigenvalue weighted by atomic mass is 9.92. The number of benzene rings is 10. The smallest absolute Gasteiger partial charge is 0.155 e. The van der Waals surface area contributed by atoms with E-state index in [-0.39, 0.29) is 5.75 Å². The van der Waals surface area contributed by atoms with Gasteiger partial charge in [0.05, 0.1) is 39.8 Å². The standard InChI is InChI=1S/C54H48N12O10/c55-31-1-7-38(8-2-31)72-62-50-26-44-43(25-49(50)61-60-32-3-9-34(68-56)10-4-32)45-27-51(64-74-40-19-13-35(69-57)14-20-40)54(66-76-42-23-17-37(71-59)18-24-42)29-47(45)48-30-52(63-73-39-11-5-33(67)6-12-39)53(28-46(44)48)65-75-41-21-15-36(70-58)16-22-41/h1-30,60-67H,55-59H2. The molecular weight excluding hydrogens is 977 g/mol. The van der Waals surface area contributed by atoms with Gasteiger partial charge in [0.1, 0.15) is 28.7 Å². The summed E-state index contributed by atoms with van der Waals surface area (Å²) in [5, 5.41) is 14.5. The van der Waals surface area contributed by atoms with Crippen LogP contribution in [0.25, 0.3) is 32.3 Å². The van der Waals surface area contributed by atoms with Crippen LogP contribution in [0.2, 0.25) is 0 Å². The summed E-state index contributed by atoms with van der Waals surface area (Å²) in [4.78, 5) is 50.3. The first-order chi connectivity index (χ1) is 37.2. The van der Waals surface area contributed by atoms with Crippen LogP contribution in [0.3, 0.4) is 0 Å². The Morgan fingerprint density at radius 1 is 0.276 bits per heavy atom. The zero-order chi connectivity index (χ0) is 52.4. The first-order valence-electron chi connectivity index (χ1n) is 23.0. The summed E-state index contributed by atoms with van der Waals surface area (Å²) < 4.78 is 0. The number of nitrogens with one attached hydrogen (secondary N) is 7. The van der Waals surface area contributed by atoms with Gasteiger partial charge in [0, 0.05) is 5.69 Å². The van der Waals surface area contributed by atoms with Crippen LogP contribution in [-0.2, 0) is 0 Å². The Bertz CT molecular complexity index is 3520. The van der Waals surface area contributed by atoms with Crippen molar-refractivity contribution in [2.24, 2.45) is 23.6 Å². The molecular formula is C54H48N12O10. The minimum Gasteiger partial charge on any atom is -0.508 e. The summed E-state index contributed by atoms with van der Waals surface area (Å²) in [5.74, 6) is 25.7. The first kappa shape index (κ1) is 48.8. The van der Waals surface area contributed by atoms with Crippen LogP contribution in [-0.4, -0.2) is 5.11 Å². The van der Waals surface area contributed by atoms with Crippen molar-refractivity contribution in [2.75, 3.05) is 44.0 Å². The van der Waals surface area contributed by atoms with Gasteiger partial charge in [-0.15, -0.1) is 0 Å². The van der Waals surface area contributed by atoms with Crippen LogP contribution in [0.5, 0.6) is 57.5 Å². The van der Waals surface area contributed by atoms with E-state index in [1.54, 1.807) is 133 Å². The van der Waals surface area contributed by atoms with Gasteiger partial charge in [-0.1, -0.05) is 0 Å². The molecule has 10 rings (SSSR count). The lowest BCUT2D eigenvalue weighted by Crippen LogP contribution is -2.13. The normalized spacial score (nSPS) is 10.7. The van der Waals surface area contributed by atoms with E-state index in [0.29, 0.717) is 97.2 Å². The topological polar surface area (TPSA) is 318 Å². The van der Waals surface area contributed by atoms with Crippen molar-refractivity contribution in [1.82, 2.24) is 0 Å². The maximum atomic E-state index is 10.0. The fourth-order valence-electron chi connectivity index (χ4n) is 7.80. The molecule has 384 valence electrons. The summed E-state index contributed by atoms with van der Waals surface area (Å²) >= 11 is 0. The fraction of sp³-hybridized carbons (Fsp3) is 0. The van der Waals surface area contributed by atoms with E-state index < -0.39 is 0 Å². The van der Waals surface area contributed by atoms with Gasteiger partial charge in [0.25, 0.3) is 0 Å². The number of rotatable bonds is 22. The van der Waals surface area contributed by atoms with Gasteiger partial charge in [-0.05, 0) is 214 Å². The lowest BCUT2D eigenvalue weighted by Gasteiger charge is -2.22. The molecule has 0 unspecified atom stereocenters. The number of hydrazine groups is 1. The molecule has 76 heavy (non-hydrogen) atoms. The number of nitrogens with two attached hydrogens (primary N) is 5. The number of hydrogen-bond acceptors (Lipinski definition) is 22. The second-order valence-electron chi connectivity index (χ2n) is 16.6. The third-order valence-corrected chi connectivity index (χ3v) is 11.7.